The van der Waals surface area contributed by atoms with Crippen LogP contribution in [-0.4, -0.2) is 42.5 Å². The number of amides is 2. The zero-order valence-corrected chi connectivity index (χ0v) is 9.16. The maximum absolute atomic E-state index is 11.2. The van der Waals surface area contributed by atoms with Gasteiger partial charge in [0.1, 0.15) is 6.04 Å². The largest absolute Gasteiger partial charge is 0.480 e. The summed E-state index contributed by atoms with van der Waals surface area (Å²) in [7, 11) is 1.69. The van der Waals surface area contributed by atoms with Gasteiger partial charge >= 0.3 is 5.97 Å². The summed E-state index contributed by atoms with van der Waals surface area (Å²) in [5.74, 6) is -2.12. The Morgan fingerprint density at radius 3 is 2.38 bits per heavy atom. The molecule has 0 bridgehead atoms. The highest BCUT2D eigenvalue weighted by Gasteiger charge is 2.19. The van der Waals surface area contributed by atoms with Crippen molar-refractivity contribution in [2.24, 2.45) is 5.73 Å². The lowest BCUT2D eigenvalue weighted by atomic mass is 10.1. The van der Waals surface area contributed by atoms with Gasteiger partial charge in [-0.15, -0.1) is 0 Å². The molecule has 0 spiro atoms. The molecule has 0 aliphatic heterocycles. The molecule has 16 heavy (non-hydrogen) atoms. The van der Waals surface area contributed by atoms with E-state index in [1.165, 1.54) is 0 Å². The van der Waals surface area contributed by atoms with Crippen LogP contribution in [0.1, 0.15) is 19.3 Å². The van der Waals surface area contributed by atoms with Crippen LogP contribution in [0.4, 0.5) is 0 Å². The molecule has 2 amide bonds. The second-order valence-electron chi connectivity index (χ2n) is 3.32. The lowest BCUT2D eigenvalue weighted by Gasteiger charge is -2.13. The highest BCUT2D eigenvalue weighted by atomic mass is 16.4. The number of aliphatic carboxylic acids is 1. The third kappa shape index (κ3) is 6.77. The van der Waals surface area contributed by atoms with Crippen molar-refractivity contribution in [3.63, 3.8) is 0 Å². The summed E-state index contributed by atoms with van der Waals surface area (Å²) in [6.45, 7) is 0.466. The lowest BCUT2D eigenvalue weighted by molar-refractivity contribution is -0.142. The number of nitrogens with two attached hydrogens (primary N) is 1. The van der Waals surface area contributed by atoms with Crippen LogP contribution in [0.25, 0.3) is 0 Å². The predicted molar refractivity (Wildman–Crippen MR) is 56.5 cm³/mol. The zero-order chi connectivity index (χ0) is 12.6. The quantitative estimate of drug-likeness (QED) is 0.402. The molecule has 1 atom stereocenters. The normalized spacial score (nSPS) is 11.8. The molecule has 0 radical (unpaired) electrons. The Kier molecular flexibility index (Phi) is 6.86. The average molecular weight is 231 g/mol. The molecule has 0 rings (SSSR count). The van der Waals surface area contributed by atoms with Gasteiger partial charge in [-0.2, -0.15) is 0 Å². The molecule has 0 fully saturated rings. The third-order valence-electron chi connectivity index (χ3n) is 1.91. The number of carboxylic acid groups (broad SMARTS) is 1. The number of carboxylic acids is 1. The van der Waals surface area contributed by atoms with Crippen molar-refractivity contribution in [1.82, 2.24) is 10.6 Å². The molecule has 7 nitrogen and oxygen atoms in total. The van der Waals surface area contributed by atoms with Crippen LogP contribution in [0, 0.1) is 0 Å². The molecule has 0 aliphatic carbocycles. The minimum Gasteiger partial charge on any atom is -0.480 e. The van der Waals surface area contributed by atoms with Gasteiger partial charge in [-0.1, -0.05) is 0 Å². The number of hydrogen-bond donors (Lipinski definition) is 4. The number of carbonyl (C=O) groups excluding carboxylic acids is 2. The van der Waals surface area contributed by atoms with Crippen molar-refractivity contribution in [1.29, 1.82) is 0 Å². The summed E-state index contributed by atoms with van der Waals surface area (Å²) in [5, 5.41) is 13.9. The van der Waals surface area contributed by atoms with Gasteiger partial charge in [0.05, 0.1) is 0 Å². The predicted octanol–water partition coefficient (Wildman–Crippen LogP) is -1.57. The second-order valence-corrected chi connectivity index (χ2v) is 3.32. The van der Waals surface area contributed by atoms with Gasteiger partial charge in [0.2, 0.25) is 11.8 Å². The fourth-order valence-corrected chi connectivity index (χ4v) is 1.05. The number of rotatable bonds is 8. The monoisotopic (exact) mass is 231 g/mol. The van der Waals surface area contributed by atoms with Gasteiger partial charge in [0, 0.05) is 19.4 Å². The second kappa shape index (κ2) is 7.63. The van der Waals surface area contributed by atoms with Gasteiger partial charge in [0.15, 0.2) is 0 Å². The van der Waals surface area contributed by atoms with Crippen LogP contribution >= 0.6 is 0 Å². The molecule has 5 N–H and O–H groups in total. The summed E-state index contributed by atoms with van der Waals surface area (Å²) in [4.78, 5) is 32.5. The zero-order valence-electron chi connectivity index (χ0n) is 9.16. The van der Waals surface area contributed by atoms with Crippen LogP contribution < -0.4 is 16.4 Å². The number of primary amides is 1. The van der Waals surface area contributed by atoms with E-state index in [4.69, 9.17) is 10.8 Å². The third-order valence-corrected chi connectivity index (χ3v) is 1.91. The fraction of sp³-hybridized carbons (Fsp3) is 0.667. The van der Waals surface area contributed by atoms with E-state index >= 15 is 0 Å². The van der Waals surface area contributed by atoms with Crippen LogP contribution in [0.2, 0.25) is 0 Å². The Hall–Kier alpha value is -1.63. The van der Waals surface area contributed by atoms with E-state index in [0.29, 0.717) is 6.54 Å². The van der Waals surface area contributed by atoms with Crippen molar-refractivity contribution in [2.75, 3.05) is 13.6 Å². The molecular weight excluding hydrogens is 214 g/mol. The van der Waals surface area contributed by atoms with E-state index < -0.39 is 17.9 Å². The topological polar surface area (TPSA) is 122 Å². The first-order chi connectivity index (χ1) is 7.47. The smallest absolute Gasteiger partial charge is 0.326 e. The molecule has 1 unspecified atom stereocenters. The highest BCUT2D eigenvalue weighted by Crippen LogP contribution is 1.97. The first kappa shape index (κ1) is 14.4. The van der Waals surface area contributed by atoms with Crippen molar-refractivity contribution in [3.8, 4) is 0 Å². The molecule has 0 saturated heterocycles. The first-order valence-electron chi connectivity index (χ1n) is 4.92. The first-order valence-corrected chi connectivity index (χ1v) is 4.92. The summed E-state index contributed by atoms with van der Waals surface area (Å²) < 4.78 is 0. The SMILES string of the molecule is CNCCC(=O)NC(CCC(N)=O)C(=O)O. The van der Waals surface area contributed by atoms with Gasteiger partial charge in [-0.05, 0) is 13.5 Å². The Balaban J connectivity index is 4.07. The Labute approximate surface area is 93.4 Å². The van der Waals surface area contributed by atoms with Gasteiger partial charge < -0.3 is 21.5 Å². The van der Waals surface area contributed by atoms with E-state index in [-0.39, 0.29) is 25.2 Å². The molecule has 92 valence electrons. The van der Waals surface area contributed by atoms with Gasteiger partial charge in [0.25, 0.3) is 0 Å². The minimum absolute atomic E-state index is 0.00988. The van der Waals surface area contributed by atoms with E-state index in [9.17, 15) is 14.4 Å². The number of carbonyl (C=O) groups is 3. The Morgan fingerprint density at radius 1 is 1.31 bits per heavy atom. The molecule has 0 aromatic rings. The van der Waals surface area contributed by atoms with E-state index in [1.807, 2.05) is 0 Å². The van der Waals surface area contributed by atoms with Crippen molar-refractivity contribution in [2.45, 2.75) is 25.3 Å². The molecule has 0 aliphatic rings. The average Bonchev–Trinajstić information content (AvgIpc) is 2.20. The van der Waals surface area contributed by atoms with E-state index in [2.05, 4.69) is 10.6 Å². The van der Waals surface area contributed by atoms with Crippen LogP contribution in [-0.2, 0) is 14.4 Å². The van der Waals surface area contributed by atoms with Crippen molar-refractivity contribution in [3.05, 3.63) is 0 Å². The molecule has 0 aromatic carbocycles. The fourth-order valence-electron chi connectivity index (χ4n) is 1.05. The maximum atomic E-state index is 11.2. The Bertz CT molecular complexity index is 267. The maximum Gasteiger partial charge on any atom is 0.326 e. The van der Waals surface area contributed by atoms with E-state index in [1.54, 1.807) is 7.05 Å². The number of nitrogens with one attached hydrogen (secondary N) is 2. The summed E-state index contributed by atoms with van der Waals surface area (Å²) in [6, 6.07) is -1.06. The van der Waals surface area contributed by atoms with Crippen LogP contribution in [0.5, 0.6) is 0 Å². The van der Waals surface area contributed by atoms with Crippen molar-refractivity contribution < 1.29 is 19.5 Å². The minimum atomic E-state index is -1.17. The molecular formula is C9H17N3O4. The number of hydrogen-bond acceptors (Lipinski definition) is 4. The molecule has 0 saturated carbocycles. The summed E-state index contributed by atoms with van der Waals surface area (Å²) >= 11 is 0. The van der Waals surface area contributed by atoms with Gasteiger partial charge in [-0.25, -0.2) is 4.79 Å². The molecule has 0 heterocycles. The Morgan fingerprint density at radius 2 is 1.94 bits per heavy atom. The van der Waals surface area contributed by atoms with Crippen LogP contribution in [0.3, 0.4) is 0 Å². The highest BCUT2D eigenvalue weighted by molar-refractivity contribution is 5.84. The van der Waals surface area contributed by atoms with E-state index in [0.717, 1.165) is 0 Å². The summed E-state index contributed by atoms with van der Waals surface area (Å²) in [6.07, 6.45) is 0.135. The molecule has 0 aromatic heterocycles. The standard InChI is InChI=1S/C9H17N3O4/c1-11-5-4-8(14)12-6(9(15)16)2-3-7(10)13/h6,11H,2-5H2,1H3,(H2,10,13)(H,12,14)(H,15,16). The summed E-state index contributed by atoms with van der Waals surface area (Å²) in [5.41, 5.74) is 4.90. The van der Waals surface area contributed by atoms with Crippen LogP contribution in [0.15, 0.2) is 0 Å². The molecule has 7 heteroatoms. The van der Waals surface area contributed by atoms with Crippen molar-refractivity contribution >= 4 is 17.8 Å². The van der Waals surface area contributed by atoms with Gasteiger partial charge in [-0.3, -0.25) is 9.59 Å². The lowest BCUT2D eigenvalue weighted by Crippen LogP contribution is -2.42.